The summed E-state index contributed by atoms with van der Waals surface area (Å²) >= 11 is 1.57. The molecule has 2 aromatic rings. The number of thiophene rings is 1. The van der Waals surface area contributed by atoms with Crippen molar-refractivity contribution in [3.63, 3.8) is 0 Å². The largest absolute Gasteiger partial charge is 0.377 e. The number of hydrogen-bond donors (Lipinski definition) is 0. The molecule has 0 spiro atoms. The lowest BCUT2D eigenvalue weighted by atomic mass is 10.2. The maximum atomic E-state index is 12.8. The molecule has 1 aromatic carbocycles. The minimum absolute atomic E-state index is 0.00939. The summed E-state index contributed by atoms with van der Waals surface area (Å²) in [5.74, 6) is 0. The van der Waals surface area contributed by atoms with Gasteiger partial charge >= 0.3 is 0 Å². The van der Waals surface area contributed by atoms with Gasteiger partial charge in [0, 0.05) is 30.0 Å². The summed E-state index contributed by atoms with van der Waals surface area (Å²) in [5.41, 5.74) is 0.870. The van der Waals surface area contributed by atoms with Crippen LogP contribution in [0, 0.1) is 0 Å². The lowest BCUT2D eigenvalue weighted by molar-refractivity contribution is 0.0930. The van der Waals surface area contributed by atoms with E-state index in [0.717, 1.165) is 29.9 Å². The predicted octanol–water partition coefficient (Wildman–Crippen LogP) is 3.73. The minimum Gasteiger partial charge on any atom is -0.377 e. The minimum atomic E-state index is -3.50. The second-order valence-corrected chi connectivity index (χ2v) is 8.62. The Morgan fingerprint density at radius 1 is 1.21 bits per heavy atom. The maximum absolute atomic E-state index is 12.8. The summed E-state index contributed by atoms with van der Waals surface area (Å²) in [4.78, 5) is 1.03. The van der Waals surface area contributed by atoms with Crippen molar-refractivity contribution in [2.45, 2.75) is 25.5 Å². The molecule has 0 amide bonds. The molecule has 128 valence electrons. The van der Waals surface area contributed by atoms with Gasteiger partial charge in [0.1, 0.15) is 0 Å². The summed E-state index contributed by atoms with van der Waals surface area (Å²) in [7, 11) is -3.50. The van der Waals surface area contributed by atoms with Crippen LogP contribution in [0.3, 0.4) is 0 Å². The van der Waals surface area contributed by atoms with Crippen LogP contribution in [0.5, 0.6) is 0 Å². The van der Waals surface area contributed by atoms with E-state index in [2.05, 4.69) is 0 Å². The molecule has 1 saturated heterocycles. The fourth-order valence-corrected chi connectivity index (χ4v) is 4.66. The highest BCUT2D eigenvalue weighted by molar-refractivity contribution is 7.92. The van der Waals surface area contributed by atoms with Crippen LogP contribution < -0.4 is 0 Å². The van der Waals surface area contributed by atoms with Crippen LogP contribution >= 0.6 is 11.3 Å². The average Bonchev–Trinajstić information content (AvgIpc) is 3.27. The molecule has 0 bridgehead atoms. The normalized spacial score (nSPS) is 18.6. The Morgan fingerprint density at radius 3 is 2.71 bits per heavy atom. The highest BCUT2D eigenvalue weighted by Gasteiger charge is 2.26. The lowest BCUT2D eigenvalue weighted by Gasteiger charge is -2.22. The van der Waals surface area contributed by atoms with Gasteiger partial charge in [0.25, 0.3) is 0 Å². The quantitative estimate of drug-likeness (QED) is 0.753. The Morgan fingerprint density at radius 2 is 2.04 bits per heavy atom. The van der Waals surface area contributed by atoms with Gasteiger partial charge < -0.3 is 4.74 Å². The fourth-order valence-electron chi connectivity index (χ4n) is 2.66. The topological polar surface area (TPSA) is 46.6 Å². The molecule has 1 aliphatic heterocycles. The molecule has 4 nitrogen and oxygen atoms in total. The summed E-state index contributed by atoms with van der Waals surface area (Å²) < 4.78 is 32.8. The van der Waals surface area contributed by atoms with Crippen molar-refractivity contribution in [2.75, 3.05) is 13.2 Å². The van der Waals surface area contributed by atoms with Crippen molar-refractivity contribution in [1.29, 1.82) is 0 Å². The number of benzene rings is 1. The van der Waals surface area contributed by atoms with Crippen molar-refractivity contribution in [3.05, 3.63) is 63.7 Å². The van der Waals surface area contributed by atoms with Crippen molar-refractivity contribution < 1.29 is 13.2 Å². The summed E-state index contributed by atoms with van der Waals surface area (Å²) in [6.07, 6.45) is 3.55. The van der Waals surface area contributed by atoms with Gasteiger partial charge in [-0.15, -0.1) is 11.3 Å². The third-order valence-corrected chi connectivity index (χ3v) is 6.27. The highest BCUT2D eigenvalue weighted by atomic mass is 32.2. The Labute approximate surface area is 147 Å². The zero-order valence-electron chi connectivity index (χ0n) is 13.4. The lowest BCUT2D eigenvalue weighted by Crippen LogP contribution is -2.35. The van der Waals surface area contributed by atoms with Gasteiger partial charge in [-0.1, -0.05) is 36.4 Å². The SMILES string of the molecule is O=S(=O)(/C=C/c1ccccc1)N(Cc1cccs1)C[C@H]1CCCO1. The average molecular weight is 364 g/mol. The molecule has 1 atom stereocenters. The fraction of sp³-hybridized carbons (Fsp3) is 0.333. The molecule has 24 heavy (non-hydrogen) atoms. The van der Waals surface area contributed by atoms with Gasteiger partial charge in [-0.3, -0.25) is 0 Å². The third-order valence-electron chi connectivity index (χ3n) is 3.94. The van der Waals surface area contributed by atoms with Crippen LogP contribution in [0.15, 0.2) is 53.3 Å². The molecule has 0 N–H and O–H groups in total. The molecule has 0 unspecified atom stereocenters. The zero-order valence-corrected chi connectivity index (χ0v) is 15.0. The second-order valence-electron chi connectivity index (χ2n) is 5.77. The molecule has 2 heterocycles. The van der Waals surface area contributed by atoms with E-state index in [0.29, 0.717) is 13.1 Å². The van der Waals surface area contributed by atoms with Crippen LogP contribution in [-0.2, 0) is 21.3 Å². The van der Waals surface area contributed by atoms with E-state index in [9.17, 15) is 8.42 Å². The first kappa shape index (κ1) is 17.4. The van der Waals surface area contributed by atoms with Gasteiger partial charge in [-0.05, 0) is 35.9 Å². The molecular weight excluding hydrogens is 342 g/mol. The van der Waals surface area contributed by atoms with Crippen molar-refractivity contribution >= 4 is 27.4 Å². The first-order valence-electron chi connectivity index (χ1n) is 8.01. The number of ether oxygens (including phenoxy) is 1. The first-order chi connectivity index (χ1) is 11.6. The van der Waals surface area contributed by atoms with Crippen molar-refractivity contribution in [2.24, 2.45) is 0 Å². The molecule has 3 rings (SSSR count). The molecule has 6 heteroatoms. The van der Waals surface area contributed by atoms with E-state index < -0.39 is 10.0 Å². The van der Waals surface area contributed by atoms with Crippen LogP contribution in [0.4, 0.5) is 0 Å². The van der Waals surface area contributed by atoms with Gasteiger partial charge in [0.15, 0.2) is 0 Å². The molecule has 0 saturated carbocycles. The number of sulfonamides is 1. The van der Waals surface area contributed by atoms with Crippen molar-refractivity contribution in [3.8, 4) is 0 Å². The molecule has 0 aliphatic carbocycles. The number of nitrogens with zero attached hydrogens (tertiary/aromatic N) is 1. The molecule has 1 aliphatic rings. The van der Waals surface area contributed by atoms with E-state index in [1.54, 1.807) is 17.4 Å². The second kappa shape index (κ2) is 8.07. The smallest absolute Gasteiger partial charge is 0.236 e. The van der Waals surface area contributed by atoms with E-state index in [-0.39, 0.29) is 6.10 Å². The van der Waals surface area contributed by atoms with Crippen LogP contribution in [0.2, 0.25) is 0 Å². The summed E-state index contributed by atoms with van der Waals surface area (Å²) in [5, 5.41) is 3.26. The van der Waals surface area contributed by atoms with Gasteiger partial charge in [-0.2, -0.15) is 4.31 Å². The van der Waals surface area contributed by atoms with Crippen molar-refractivity contribution in [1.82, 2.24) is 4.31 Å². The van der Waals surface area contributed by atoms with Gasteiger partial charge in [0.2, 0.25) is 10.0 Å². The third kappa shape index (κ3) is 4.77. The van der Waals surface area contributed by atoms with E-state index >= 15 is 0 Å². The Hall–Kier alpha value is -1.47. The Balaban J connectivity index is 1.77. The van der Waals surface area contributed by atoms with E-state index in [4.69, 9.17) is 4.74 Å². The Kier molecular flexibility index (Phi) is 5.84. The van der Waals surface area contributed by atoms with Gasteiger partial charge in [-0.25, -0.2) is 8.42 Å². The molecule has 1 aromatic heterocycles. The zero-order chi connectivity index (χ0) is 16.8. The van der Waals surface area contributed by atoms with Crippen LogP contribution in [0.1, 0.15) is 23.3 Å². The highest BCUT2D eigenvalue weighted by Crippen LogP contribution is 2.20. The molecule has 0 radical (unpaired) electrons. The Bertz CT molecular complexity index is 749. The standard InChI is InChI=1S/C18H21NO3S2/c20-24(21,13-10-16-6-2-1-3-7-16)19(14-17-8-4-11-22-17)15-18-9-5-12-23-18/h1-3,5-7,9-10,12-13,17H,4,8,11,14-15H2/b13-10+/t17-/m1/s1. The van der Waals surface area contributed by atoms with Gasteiger partial charge in [0.05, 0.1) is 6.10 Å². The van der Waals surface area contributed by atoms with E-state index in [1.807, 2.05) is 47.8 Å². The van der Waals surface area contributed by atoms with E-state index in [1.165, 1.54) is 9.71 Å². The monoisotopic (exact) mass is 363 g/mol. The number of hydrogen-bond acceptors (Lipinski definition) is 4. The molecule has 1 fully saturated rings. The van der Waals surface area contributed by atoms with Crippen LogP contribution in [0.25, 0.3) is 6.08 Å². The van der Waals surface area contributed by atoms with Crippen LogP contribution in [-0.4, -0.2) is 32.0 Å². The number of rotatable bonds is 7. The summed E-state index contributed by atoms with van der Waals surface area (Å²) in [6, 6.07) is 13.4. The predicted molar refractivity (Wildman–Crippen MR) is 98.1 cm³/mol. The molecular formula is C18H21NO3S2. The first-order valence-corrected chi connectivity index (χ1v) is 10.4. The summed E-state index contributed by atoms with van der Waals surface area (Å²) in [6.45, 7) is 1.51. The maximum Gasteiger partial charge on any atom is 0.236 e.